The zero-order valence-electron chi connectivity index (χ0n) is 19.5. The largest absolute Gasteiger partial charge is 0.388 e. The lowest BCUT2D eigenvalue weighted by Crippen LogP contribution is -2.49. The summed E-state index contributed by atoms with van der Waals surface area (Å²) in [5.41, 5.74) is 0.0696. The molecule has 8 heteroatoms. The SMILES string of the molecule is O=C(CCC1=CCCC=C1)N1CCC(O)(Cn2cnc(NCCN3CCCC3)cc2=O)CC1. The van der Waals surface area contributed by atoms with E-state index >= 15 is 0 Å². The number of aliphatic hydroxyl groups is 1. The van der Waals surface area contributed by atoms with Crippen LogP contribution in [0, 0.1) is 0 Å². The highest BCUT2D eigenvalue weighted by Crippen LogP contribution is 2.25. The van der Waals surface area contributed by atoms with Gasteiger partial charge in [-0.3, -0.25) is 14.2 Å². The van der Waals surface area contributed by atoms with Crippen molar-refractivity contribution < 1.29 is 9.90 Å². The van der Waals surface area contributed by atoms with Crippen molar-refractivity contribution in [3.8, 4) is 0 Å². The first-order valence-corrected chi connectivity index (χ1v) is 12.4. The van der Waals surface area contributed by atoms with Crippen molar-refractivity contribution in [1.82, 2.24) is 19.4 Å². The number of anilines is 1. The number of piperidine rings is 1. The molecule has 1 aliphatic carbocycles. The van der Waals surface area contributed by atoms with Gasteiger partial charge < -0.3 is 20.2 Å². The van der Waals surface area contributed by atoms with Crippen LogP contribution in [-0.2, 0) is 11.3 Å². The van der Waals surface area contributed by atoms with Crippen molar-refractivity contribution in [2.24, 2.45) is 0 Å². The first kappa shape index (κ1) is 23.7. The first-order chi connectivity index (χ1) is 16.0. The molecular weight excluding hydrogens is 418 g/mol. The fourth-order valence-electron chi connectivity index (χ4n) is 4.90. The van der Waals surface area contributed by atoms with Crippen molar-refractivity contribution in [2.45, 2.75) is 63.5 Å². The van der Waals surface area contributed by atoms with Gasteiger partial charge >= 0.3 is 0 Å². The van der Waals surface area contributed by atoms with E-state index in [9.17, 15) is 14.7 Å². The van der Waals surface area contributed by atoms with Gasteiger partial charge in [-0.1, -0.05) is 23.8 Å². The predicted molar refractivity (Wildman–Crippen MR) is 129 cm³/mol. The second-order valence-corrected chi connectivity index (χ2v) is 9.58. The lowest BCUT2D eigenvalue weighted by atomic mass is 9.91. The van der Waals surface area contributed by atoms with E-state index in [1.54, 1.807) is 0 Å². The molecule has 0 bridgehead atoms. The molecule has 1 amide bonds. The van der Waals surface area contributed by atoms with Gasteiger partial charge in [0.05, 0.1) is 18.5 Å². The van der Waals surface area contributed by atoms with Gasteiger partial charge in [0, 0.05) is 38.7 Å². The number of aromatic nitrogens is 2. The smallest absolute Gasteiger partial charge is 0.255 e. The van der Waals surface area contributed by atoms with Crippen LogP contribution in [0.1, 0.15) is 51.4 Å². The minimum Gasteiger partial charge on any atom is -0.388 e. The highest BCUT2D eigenvalue weighted by atomic mass is 16.3. The van der Waals surface area contributed by atoms with Gasteiger partial charge in [-0.15, -0.1) is 0 Å². The van der Waals surface area contributed by atoms with Crippen molar-refractivity contribution in [1.29, 1.82) is 0 Å². The maximum absolute atomic E-state index is 12.6. The molecular formula is C25H37N5O3. The molecule has 0 unspecified atom stereocenters. The van der Waals surface area contributed by atoms with Crippen LogP contribution in [0.5, 0.6) is 0 Å². The van der Waals surface area contributed by atoms with Crippen LogP contribution in [-0.4, -0.2) is 75.2 Å². The number of hydrogen-bond acceptors (Lipinski definition) is 6. The summed E-state index contributed by atoms with van der Waals surface area (Å²) in [6.45, 7) is 5.24. The molecule has 0 aromatic carbocycles. The average Bonchev–Trinajstić information content (AvgIpc) is 3.34. The molecule has 33 heavy (non-hydrogen) atoms. The number of carbonyl (C=O) groups excluding carboxylic acids is 1. The Labute approximate surface area is 196 Å². The molecule has 0 atom stereocenters. The van der Waals surface area contributed by atoms with E-state index in [0.717, 1.165) is 45.4 Å². The highest BCUT2D eigenvalue weighted by Gasteiger charge is 2.34. The number of amides is 1. The Kier molecular flexibility index (Phi) is 7.98. The zero-order chi connectivity index (χ0) is 23.1. The molecule has 8 nitrogen and oxygen atoms in total. The van der Waals surface area contributed by atoms with Gasteiger partial charge in [0.1, 0.15) is 5.82 Å². The summed E-state index contributed by atoms with van der Waals surface area (Å²) in [7, 11) is 0. The van der Waals surface area contributed by atoms with Crippen LogP contribution in [0.2, 0.25) is 0 Å². The van der Waals surface area contributed by atoms with Crippen LogP contribution in [0.25, 0.3) is 0 Å². The molecule has 0 radical (unpaired) electrons. The first-order valence-electron chi connectivity index (χ1n) is 12.4. The van der Waals surface area contributed by atoms with Crippen molar-refractivity contribution in [3.63, 3.8) is 0 Å². The Morgan fingerprint density at radius 1 is 1.15 bits per heavy atom. The number of allylic oxidation sites excluding steroid dienone is 4. The maximum atomic E-state index is 12.6. The molecule has 4 rings (SSSR count). The van der Waals surface area contributed by atoms with Gasteiger partial charge in [0.25, 0.3) is 5.56 Å². The molecule has 1 aromatic heterocycles. The van der Waals surface area contributed by atoms with E-state index in [4.69, 9.17) is 0 Å². The van der Waals surface area contributed by atoms with Crippen LogP contribution < -0.4 is 10.9 Å². The Morgan fingerprint density at radius 3 is 2.64 bits per heavy atom. The molecule has 0 spiro atoms. The van der Waals surface area contributed by atoms with E-state index in [1.165, 1.54) is 35.4 Å². The topological polar surface area (TPSA) is 90.7 Å². The highest BCUT2D eigenvalue weighted by molar-refractivity contribution is 5.76. The second-order valence-electron chi connectivity index (χ2n) is 9.58. The van der Waals surface area contributed by atoms with Gasteiger partial charge in [-0.2, -0.15) is 0 Å². The Hall–Kier alpha value is -2.45. The fourth-order valence-corrected chi connectivity index (χ4v) is 4.90. The number of likely N-dealkylation sites (tertiary alicyclic amines) is 2. The quantitative estimate of drug-likeness (QED) is 0.593. The molecule has 1 aromatic rings. The number of nitrogens with zero attached hydrogens (tertiary/aromatic N) is 4. The third-order valence-electron chi connectivity index (χ3n) is 7.02. The van der Waals surface area contributed by atoms with Gasteiger partial charge in [-0.25, -0.2) is 4.98 Å². The molecule has 3 aliphatic rings. The number of carbonyl (C=O) groups is 1. The molecule has 0 saturated carbocycles. The van der Waals surface area contributed by atoms with Crippen LogP contribution in [0.3, 0.4) is 0 Å². The van der Waals surface area contributed by atoms with Gasteiger partial charge in [-0.05, 0) is 58.0 Å². The zero-order valence-corrected chi connectivity index (χ0v) is 19.5. The third-order valence-corrected chi connectivity index (χ3v) is 7.02. The second kappa shape index (κ2) is 11.1. The molecule has 180 valence electrons. The lowest BCUT2D eigenvalue weighted by molar-refractivity contribution is -0.135. The van der Waals surface area contributed by atoms with Crippen molar-refractivity contribution in [3.05, 3.63) is 46.5 Å². The van der Waals surface area contributed by atoms with E-state index in [2.05, 4.69) is 33.4 Å². The fraction of sp³-hybridized carbons (Fsp3) is 0.640. The van der Waals surface area contributed by atoms with Crippen molar-refractivity contribution in [2.75, 3.05) is 44.6 Å². The average molecular weight is 456 g/mol. The van der Waals surface area contributed by atoms with Gasteiger partial charge in [0.2, 0.25) is 5.91 Å². The van der Waals surface area contributed by atoms with Crippen LogP contribution in [0.4, 0.5) is 5.82 Å². The number of nitrogens with one attached hydrogen (secondary N) is 1. The van der Waals surface area contributed by atoms with E-state index in [-0.39, 0.29) is 18.0 Å². The van der Waals surface area contributed by atoms with Gasteiger partial charge in [0.15, 0.2) is 0 Å². The third kappa shape index (κ3) is 6.77. The summed E-state index contributed by atoms with van der Waals surface area (Å²) in [5.74, 6) is 0.714. The van der Waals surface area contributed by atoms with Crippen LogP contribution >= 0.6 is 0 Å². The normalized spacial score (nSPS) is 20.6. The Morgan fingerprint density at radius 2 is 1.94 bits per heavy atom. The van der Waals surface area contributed by atoms with E-state index in [0.29, 0.717) is 38.2 Å². The molecule has 2 N–H and O–H groups in total. The monoisotopic (exact) mass is 455 g/mol. The summed E-state index contributed by atoms with van der Waals surface area (Å²) in [4.78, 5) is 33.8. The Balaban J connectivity index is 1.22. The molecule has 2 fully saturated rings. The molecule has 2 aliphatic heterocycles. The summed E-state index contributed by atoms with van der Waals surface area (Å²) in [6, 6.07) is 1.50. The summed E-state index contributed by atoms with van der Waals surface area (Å²) >= 11 is 0. The standard InChI is InChI=1S/C25H37N5O3/c31-23(9-8-21-6-2-1-3-7-21)29-15-10-25(33,11-16-29)19-30-20-27-22(18-24(30)32)26-12-17-28-13-4-5-14-28/h2,6-7,18,20,26,33H,1,3-5,8-17,19H2. The molecule has 2 saturated heterocycles. The number of hydrogen-bond donors (Lipinski definition) is 2. The van der Waals surface area contributed by atoms with E-state index < -0.39 is 5.60 Å². The number of rotatable bonds is 9. The Bertz CT molecular complexity index is 924. The lowest BCUT2D eigenvalue weighted by Gasteiger charge is -2.38. The summed E-state index contributed by atoms with van der Waals surface area (Å²) in [6.07, 6.45) is 14.9. The predicted octanol–water partition coefficient (Wildman–Crippen LogP) is 2.16. The summed E-state index contributed by atoms with van der Waals surface area (Å²) in [5, 5.41) is 14.3. The van der Waals surface area contributed by atoms with Crippen LogP contribution in [0.15, 0.2) is 41.0 Å². The van der Waals surface area contributed by atoms with E-state index in [1.807, 2.05) is 4.90 Å². The van der Waals surface area contributed by atoms with Crippen molar-refractivity contribution >= 4 is 11.7 Å². The maximum Gasteiger partial charge on any atom is 0.255 e. The minimum absolute atomic E-state index is 0.139. The minimum atomic E-state index is -0.998. The molecule has 3 heterocycles. The summed E-state index contributed by atoms with van der Waals surface area (Å²) < 4.78 is 1.48.